The Morgan fingerprint density at radius 1 is 1.29 bits per heavy atom. The van der Waals surface area contributed by atoms with Gasteiger partial charge in [-0.25, -0.2) is 0 Å². The highest BCUT2D eigenvalue weighted by Crippen LogP contribution is 2.20. The normalized spacial score (nSPS) is 22.3. The number of pyridine rings is 1. The fourth-order valence-corrected chi connectivity index (χ4v) is 1.70. The van der Waals surface area contributed by atoms with Gasteiger partial charge in [0.1, 0.15) is 6.10 Å². The van der Waals surface area contributed by atoms with Crippen LogP contribution >= 0.6 is 0 Å². The van der Waals surface area contributed by atoms with Gasteiger partial charge in [-0.1, -0.05) is 0 Å². The molecule has 0 unspecified atom stereocenters. The van der Waals surface area contributed by atoms with Crippen LogP contribution in [0.2, 0.25) is 0 Å². The summed E-state index contributed by atoms with van der Waals surface area (Å²) in [4.78, 5) is 4.45. The molecule has 0 saturated carbocycles. The van der Waals surface area contributed by atoms with E-state index in [4.69, 9.17) is 9.47 Å². The minimum Gasteiger partial charge on any atom is -0.376 e. The third-order valence-corrected chi connectivity index (χ3v) is 2.26. The van der Waals surface area contributed by atoms with Crippen molar-refractivity contribution < 1.29 is 9.47 Å². The maximum Gasteiger partial charge on any atom is 0.123 e. The molecule has 14 heavy (non-hydrogen) atoms. The second-order valence-electron chi connectivity index (χ2n) is 3.65. The SMILES string of the molecule is Cc1cc(C)nc([C@H]2COCCO2)c1. The Labute approximate surface area is 84.1 Å². The predicted octanol–water partition coefficient (Wildman–Crippen LogP) is 1.79. The summed E-state index contributed by atoms with van der Waals surface area (Å²) < 4.78 is 10.9. The molecular formula is C11H15NO2. The largest absolute Gasteiger partial charge is 0.376 e. The van der Waals surface area contributed by atoms with E-state index in [0.29, 0.717) is 19.8 Å². The summed E-state index contributed by atoms with van der Waals surface area (Å²) in [6, 6.07) is 4.12. The Hall–Kier alpha value is -0.930. The first-order chi connectivity index (χ1) is 6.75. The van der Waals surface area contributed by atoms with Crippen molar-refractivity contribution >= 4 is 0 Å². The van der Waals surface area contributed by atoms with Crippen LogP contribution in [0.1, 0.15) is 23.1 Å². The zero-order valence-corrected chi connectivity index (χ0v) is 8.62. The molecule has 0 amide bonds. The van der Waals surface area contributed by atoms with Gasteiger partial charge in [-0.15, -0.1) is 0 Å². The smallest absolute Gasteiger partial charge is 0.123 e. The van der Waals surface area contributed by atoms with Crippen LogP contribution in [0.5, 0.6) is 0 Å². The summed E-state index contributed by atoms with van der Waals surface area (Å²) in [6.07, 6.45) is 0.0161. The number of aromatic nitrogens is 1. The molecule has 0 aliphatic carbocycles. The van der Waals surface area contributed by atoms with Gasteiger partial charge in [0.25, 0.3) is 0 Å². The monoisotopic (exact) mass is 193 g/mol. The molecule has 3 heteroatoms. The number of hydrogen-bond acceptors (Lipinski definition) is 3. The lowest BCUT2D eigenvalue weighted by molar-refractivity contribution is -0.0918. The highest BCUT2D eigenvalue weighted by Gasteiger charge is 2.18. The Balaban J connectivity index is 2.21. The van der Waals surface area contributed by atoms with Gasteiger partial charge in [0.05, 0.1) is 25.5 Å². The van der Waals surface area contributed by atoms with E-state index in [9.17, 15) is 0 Å². The van der Waals surface area contributed by atoms with Crippen molar-refractivity contribution in [2.24, 2.45) is 0 Å². The second-order valence-corrected chi connectivity index (χ2v) is 3.65. The molecule has 1 aliphatic rings. The van der Waals surface area contributed by atoms with Crippen LogP contribution in [0.25, 0.3) is 0 Å². The molecule has 0 bridgehead atoms. The topological polar surface area (TPSA) is 31.4 Å². The molecule has 1 aromatic heterocycles. The maximum atomic E-state index is 5.59. The number of hydrogen-bond donors (Lipinski definition) is 0. The average Bonchev–Trinajstić information content (AvgIpc) is 2.18. The van der Waals surface area contributed by atoms with Crippen LogP contribution < -0.4 is 0 Å². The van der Waals surface area contributed by atoms with E-state index in [1.807, 2.05) is 6.92 Å². The number of ether oxygens (including phenoxy) is 2. The van der Waals surface area contributed by atoms with Crippen LogP contribution in [0.4, 0.5) is 0 Å². The highest BCUT2D eigenvalue weighted by atomic mass is 16.6. The van der Waals surface area contributed by atoms with Crippen molar-refractivity contribution in [2.45, 2.75) is 20.0 Å². The molecule has 1 aliphatic heterocycles. The van der Waals surface area contributed by atoms with Gasteiger partial charge < -0.3 is 9.47 Å². The molecular weight excluding hydrogens is 178 g/mol. The van der Waals surface area contributed by atoms with Crippen LogP contribution in [0.15, 0.2) is 12.1 Å². The maximum absolute atomic E-state index is 5.59. The van der Waals surface area contributed by atoms with Crippen molar-refractivity contribution in [1.82, 2.24) is 4.98 Å². The zero-order chi connectivity index (χ0) is 9.97. The van der Waals surface area contributed by atoms with Gasteiger partial charge in [-0.05, 0) is 31.5 Å². The van der Waals surface area contributed by atoms with Gasteiger partial charge in [0, 0.05) is 5.69 Å². The molecule has 0 radical (unpaired) electrons. The molecule has 1 atom stereocenters. The lowest BCUT2D eigenvalue weighted by Crippen LogP contribution is -2.22. The number of rotatable bonds is 1. The molecule has 0 N–H and O–H groups in total. The predicted molar refractivity (Wildman–Crippen MR) is 53.2 cm³/mol. The summed E-state index contributed by atoms with van der Waals surface area (Å²) in [5.74, 6) is 0. The average molecular weight is 193 g/mol. The van der Waals surface area contributed by atoms with Crippen molar-refractivity contribution in [3.05, 3.63) is 29.1 Å². The molecule has 76 valence electrons. The van der Waals surface area contributed by atoms with E-state index < -0.39 is 0 Å². The molecule has 1 aromatic rings. The summed E-state index contributed by atoms with van der Waals surface area (Å²) >= 11 is 0. The molecule has 3 nitrogen and oxygen atoms in total. The molecule has 0 aromatic carbocycles. The fourth-order valence-electron chi connectivity index (χ4n) is 1.70. The first-order valence-electron chi connectivity index (χ1n) is 4.90. The van der Waals surface area contributed by atoms with E-state index in [1.54, 1.807) is 0 Å². The Bertz CT molecular complexity index is 299. The Kier molecular flexibility index (Phi) is 2.79. The minimum absolute atomic E-state index is 0.0161. The van der Waals surface area contributed by atoms with Crippen molar-refractivity contribution in [3.63, 3.8) is 0 Å². The molecule has 1 fully saturated rings. The van der Waals surface area contributed by atoms with Gasteiger partial charge >= 0.3 is 0 Å². The van der Waals surface area contributed by atoms with E-state index in [2.05, 4.69) is 24.0 Å². The van der Waals surface area contributed by atoms with E-state index in [0.717, 1.165) is 11.4 Å². The standard InChI is InChI=1S/C11H15NO2/c1-8-5-9(2)12-10(6-8)11-7-13-3-4-14-11/h5-6,11H,3-4,7H2,1-2H3/t11-/m1/s1. The summed E-state index contributed by atoms with van der Waals surface area (Å²) in [5, 5.41) is 0. The van der Waals surface area contributed by atoms with E-state index in [-0.39, 0.29) is 6.10 Å². The fraction of sp³-hybridized carbons (Fsp3) is 0.545. The van der Waals surface area contributed by atoms with Gasteiger partial charge in [-0.2, -0.15) is 0 Å². The first-order valence-corrected chi connectivity index (χ1v) is 4.90. The van der Waals surface area contributed by atoms with Gasteiger partial charge in [0.15, 0.2) is 0 Å². The summed E-state index contributed by atoms with van der Waals surface area (Å²) in [6.45, 7) is 6.05. The molecule has 1 saturated heterocycles. The minimum atomic E-state index is 0.0161. The van der Waals surface area contributed by atoms with Crippen LogP contribution in [0, 0.1) is 13.8 Å². The second kappa shape index (κ2) is 4.07. The highest BCUT2D eigenvalue weighted by molar-refractivity contribution is 5.21. The van der Waals surface area contributed by atoms with Crippen molar-refractivity contribution in [1.29, 1.82) is 0 Å². The van der Waals surface area contributed by atoms with E-state index in [1.165, 1.54) is 5.56 Å². The van der Waals surface area contributed by atoms with Crippen molar-refractivity contribution in [2.75, 3.05) is 19.8 Å². The Morgan fingerprint density at radius 2 is 2.14 bits per heavy atom. The number of aryl methyl sites for hydroxylation is 2. The van der Waals surface area contributed by atoms with Crippen LogP contribution in [0.3, 0.4) is 0 Å². The number of nitrogens with zero attached hydrogens (tertiary/aromatic N) is 1. The quantitative estimate of drug-likeness (QED) is 0.681. The van der Waals surface area contributed by atoms with Gasteiger partial charge in [0.2, 0.25) is 0 Å². The van der Waals surface area contributed by atoms with Crippen LogP contribution in [-0.4, -0.2) is 24.8 Å². The van der Waals surface area contributed by atoms with E-state index >= 15 is 0 Å². The molecule has 2 heterocycles. The van der Waals surface area contributed by atoms with Gasteiger partial charge in [-0.3, -0.25) is 4.98 Å². The summed E-state index contributed by atoms with van der Waals surface area (Å²) in [5.41, 5.74) is 3.25. The molecule has 2 rings (SSSR count). The zero-order valence-electron chi connectivity index (χ0n) is 8.62. The lowest BCUT2D eigenvalue weighted by Gasteiger charge is -2.22. The Morgan fingerprint density at radius 3 is 2.79 bits per heavy atom. The van der Waals surface area contributed by atoms with Crippen LogP contribution in [-0.2, 0) is 9.47 Å². The third kappa shape index (κ3) is 2.11. The van der Waals surface area contributed by atoms with Crippen molar-refractivity contribution in [3.8, 4) is 0 Å². The molecule has 0 spiro atoms. The summed E-state index contributed by atoms with van der Waals surface area (Å²) in [7, 11) is 0. The first kappa shape index (κ1) is 9.62. The lowest BCUT2D eigenvalue weighted by atomic mass is 10.1. The third-order valence-electron chi connectivity index (χ3n) is 2.26.